The van der Waals surface area contributed by atoms with Gasteiger partial charge >= 0.3 is 6.03 Å². The SMILES string of the molecule is C[C@H]1Cc2ccccc2N1C(=O)Nc1ccc2nc3c4ccccc4c4ccccc4c3nc2c1. The Morgan fingerprint density at radius 1 is 0.771 bits per heavy atom. The predicted molar refractivity (Wildman–Crippen MR) is 143 cm³/mol. The molecule has 0 bridgehead atoms. The fourth-order valence-electron chi connectivity index (χ4n) is 5.42. The van der Waals surface area contributed by atoms with Gasteiger partial charge in [-0.1, -0.05) is 66.7 Å². The van der Waals surface area contributed by atoms with Gasteiger partial charge in [0.1, 0.15) is 0 Å². The Kier molecular flexibility index (Phi) is 4.27. The highest BCUT2D eigenvalue weighted by molar-refractivity contribution is 6.23. The first-order chi connectivity index (χ1) is 17.2. The number of carbonyl (C=O) groups is 1. The molecule has 1 aliphatic heterocycles. The molecule has 168 valence electrons. The molecule has 6 aromatic rings. The van der Waals surface area contributed by atoms with Crippen LogP contribution in [0.5, 0.6) is 0 Å². The lowest BCUT2D eigenvalue weighted by molar-refractivity contribution is 0.256. The van der Waals surface area contributed by atoms with Crippen LogP contribution in [0.1, 0.15) is 12.5 Å². The van der Waals surface area contributed by atoms with Gasteiger partial charge in [-0.2, -0.15) is 0 Å². The number of aromatic nitrogens is 2. The molecule has 0 saturated heterocycles. The summed E-state index contributed by atoms with van der Waals surface area (Å²) >= 11 is 0. The van der Waals surface area contributed by atoms with E-state index >= 15 is 0 Å². The lowest BCUT2D eigenvalue weighted by atomic mass is 9.99. The van der Waals surface area contributed by atoms with Crippen LogP contribution in [0, 0.1) is 0 Å². The van der Waals surface area contributed by atoms with Gasteiger partial charge in [0, 0.05) is 28.2 Å². The number of hydrogen-bond donors (Lipinski definition) is 1. The molecule has 1 N–H and O–H groups in total. The molecule has 5 heteroatoms. The standard InChI is InChI=1S/C30H22N4O/c1-18-16-19-8-2-7-13-27(19)34(18)30(35)31-20-14-15-25-26(17-20)33-29-24-12-6-4-10-22(24)21-9-3-5-11-23(21)28(29)32-25/h2-15,17-18H,16H2,1H3,(H,31,35)/t18-/m0/s1. The molecule has 1 aliphatic rings. The van der Waals surface area contributed by atoms with Crippen molar-refractivity contribution in [3.8, 4) is 0 Å². The van der Waals surface area contributed by atoms with Crippen molar-refractivity contribution in [2.45, 2.75) is 19.4 Å². The van der Waals surface area contributed by atoms with Crippen LogP contribution in [0.3, 0.4) is 0 Å². The molecule has 0 unspecified atom stereocenters. The Bertz CT molecular complexity index is 1810. The van der Waals surface area contributed by atoms with E-state index in [1.165, 1.54) is 10.9 Å². The number of fused-ring (bicyclic) bond motifs is 8. The fourth-order valence-corrected chi connectivity index (χ4v) is 5.42. The quantitative estimate of drug-likeness (QED) is 0.213. The first-order valence-corrected chi connectivity index (χ1v) is 11.9. The third-order valence-electron chi connectivity index (χ3n) is 7.00. The number of rotatable bonds is 1. The number of urea groups is 1. The zero-order valence-corrected chi connectivity index (χ0v) is 19.2. The summed E-state index contributed by atoms with van der Waals surface area (Å²) in [6, 6.07) is 30.5. The Labute approximate surface area is 202 Å². The number of nitrogens with zero attached hydrogens (tertiary/aromatic N) is 3. The van der Waals surface area contributed by atoms with E-state index in [9.17, 15) is 4.79 Å². The molecule has 2 heterocycles. The van der Waals surface area contributed by atoms with Crippen molar-refractivity contribution < 1.29 is 4.79 Å². The van der Waals surface area contributed by atoms with Crippen LogP contribution in [0.25, 0.3) is 43.6 Å². The highest BCUT2D eigenvalue weighted by Crippen LogP contribution is 2.35. The van der Waals surface area contributed by atoms with Gasteiger partial charge < -0.3 is 5.32 Å². The van der Waals surface area contributed by atoms with E-state index in [1.807, 2.05) is 53.4 Å². The topological polar surface area (TPSA) is 58.1 Å². The molecule has 0 fully saturated rings. The first-order valence-electron chi connectivity index (χ1n) is 11.9. The van der Waals surface area contributed by atoms with Gasteiger partial charge in [0.05, 0.1) is 22.1 Å². The van der Waals surface area contributed by atoms with Gasteiger partial charge in [0.15, 0.2) is 0 Å². The normalized spacial score (nSPS) is 15.2. The van der Waals surface area contributed by atoms with Crippen LogP contribution in [0.2, 0.25) is 0 Å². The maximum absolute atomic E-state index is 13.2. The van der Waals surface area contributed by atoms with E-state index in [2.05, 4.69) is 54.7 Å². The highest BCUT2D eigenvalue weighted by atomic mass is 16.2. The van der Waals surface area contributed by atoms with Gasteiger partial charge in [-0.25, -0.2) is 14.8 Å². The lowest BCUT2D eigenvalue weighted by Crippen LogP contribution is -2.39. The van der Waals surface area contributed by atoms with E-state index in [1.54, 1.807) is 0 Å². The summed E-state index contributed by atoms with van der Waals surface area (Å²) in [6.07, 6.45) is 0.861. The zero-order valence-electron chi connectivity index (χ0n) is 19.2. The fraction of sp³-hybridized carbons (Fsp3) is 0.100. The van der Waals surface area contributed by atoms with Crippen molar-refractivity contribution in [3.05, 3.63) is 96.6 Å². The minimum atomic E-state index is -0.132. The van der Waals surface area contributed by atoms with E-state index in [0.29, 0.717) is 5.69 Å². The molecule has 1 atom stereocenters. The number of benzene rings is 5. The molecule has 2 amide bonds. The Hall–Kier alpha value is -4.51. The number of amides is 2. The maximum Gasteiger partial charge on any atom is 0.326 e. The first kappa shape index (κ1) is 19.9. The molecule has 0 saturated carbocycles. The van der Waals surface area contributed by atoms with Gasteiger partial charge in [-0.3, -0.25) is 4.90 Å². The van der Waals surface area contributed by atoms with E-state index in [0.717, 1.165) is 50.3 Å². The Balaban J connectivity index is 1.34. The van der Waals surface area contributed by atoms with Crippen molar-refractivity contribution in [1.82, 2.24) is 9.97 Å². The molecule has 0 aliphatic carbocycles. The number of para-hydroxylation sites is 1. The maximum atomic E-state index is 13.2. The van der Waals surface area contributed by atoms with Crippen molar-refractivity contribution in [3.63, 3.8) is 0 Å². The molecule has 1 aromatic heterocycles. The molecule has 35 heavy (non-hydrogen) atoms. The predicted octanol–water partition coefficient (Wildman–Crippen LogP) is 7.07. The van der Waals surface area contributed by atoms with Gasteiger partial charge in [0.25, 0.3) is 0 Å². The summed E-state index contributed by atoms with van der Waals surface area (Å²) in [5.41, 5.74) is 6.20. The van der Waals surface area contributed by atoms with Gasteiger partial charge in [0.2, 0.25) is 0 Å². The lowest BCUT2D eigenvalue weighted by Gasteiger charge is -2.23. The average molecular weight is 455 g/mol. The highest BCUT2D eigenvalue weighted by Gasteiger charge is 2.30. The molecule has 7 rings (SSSR count). The van der Waals surface area contributed by atoms with Crippen molar-refractivity contribution in [1.29, 1.82) is 0 Å². The number of nitrogens with one attached hydrogen (secondary N) is 1. The smallest absolute Gasteiger partial charge is 0.307 e. The van der Waals surface area contributed by atoms with Crippen LogP contribution < -0.4 is 10.2 Å². The summed E-state index contributed by atoms with van der Waals surface area (Å²) in [6.45, 7) is 2.08. The molecule has 5 nitrogen and oxygen atoms in total. The molecule has 0 spiro atoms. The van der Waals surface area contributed by atoms with E-state index < -0.39 is 0 Å². The van der Waals surface area contributed by atoms with Crippen LogP contribution in [-0.2, 0) is 6.42 Å². The minimum Gasteiger partial charge on any atom is -0.307 e. The second-order valence-electron chi connectivity index (χ2n) is 9.20. The van der Waals surface area contributed by atoms with Crippen LogP contribution in [-0.4, -0.2) is 22.0 Å². The summed E-state index contributed by atoms with van der Waals surface area (Å²) < 4.78 is 0. The molecular weight excluding hydrogens is 432 g/mol. The largest absolute Gasteiger partial charge is 0.326 e. The molecule has 0 radical (unpaired) electrons. The average Bonchev–Trinajstić information content (AvgIpc) is 3.23. The van der Waals surface area contributed by atoms with Crippen molar-refractivity contribution in [2.75, 3.05) is 10.2 Å². The van der Waals surface area contributed by atoms with Crippen LogP contribution >= 0.6 is 0 Å². The monoisotopic (exact) mass is 454 g/mol. The number of anilines is 2. The zero-order chi connectivity index (χ0) is 23.5. The molecular formula is C30H22N4O. The Morgan fingerprint density at radius 2 is 1.37 bits per heavy atom. The molecule has 5 aromatic carbocycles. The van der Waals surface area contributed by atoms with Crippen LogP contribution in [0.4, 0.5) is 16.2 Å². The Morgan fingerprint density at radius 3 is 2.09 bits per heavy atom. The third-order valence-corrected chi connectivity index (χ3v) is 7.00. The second kappa shape index (κ2) is 7.50. The van der Waals surface area contributed by atoms with Gasteiger partial charge in [-0.05, 0) is 53.9 Å². The second-order valence-corrected chi connectivity index (χ2v) is 9.20. The number of carbonyl (C=O) groups excluding carboxylic acids is 1. The van der Waals surface area contributed by atoms with Crippen LogP contribution in [0.15, 0.2) is 91.0 Å². The van der Waals surface area contributed by atoms with Crippen molar-refractivity contribution in [2.24, 2.45) is 0 Å². The third kappa shape index (κ3) is 3.05. The summed E-state index contributed by atoms with van der Waals surface area (Å²) in [5.74, 6) is 0. The summed E-state index contributed by atoms with van der Waals surface area (Å²) in [5, 5.41) is 7.59. The van der Waals surface area contributed by atoms with Gasteiger partial charge in [-0.15, -0.1) is 0 Å². The summed E-state index contributed by atoms with van der Waals surface area (Å²) in [4.78, 5) is 25.1. The minimum absolute atomic E-state index is 0.108. The summed E-state index contributed by atoms with van der Waals surface area (Å²) in [7, 11) is 0. The van der Waals surface area contributed by atoms with E-state index in [4.69, 9.17) is 9.97 Å². The van der Waals surface area contributed by atoms with Crippen molar-refractivity contribution >= 4 is 61.0 Å². The van der Waals surface area contributed by atoms with E-state index in [-0.39, 0.29) is 12.1 Å². The number of hydrogen-bond acceptors (Lipinski definition) is 3.